The number of hydrogen-bond acceptors (Lipinski definition) is 12. The lowest BCUT2D eigenvalue weighted by molar-refractivity contribution is -0.164. The molecule has 6 atom stereocenters. The average molecular weight is 525 g/mol. The molecule has 14 heteroatoms. The topological polar surface area (TPSA) is 210 Å². The lowest BCUT2D eigenvalue weighted by Crippen LogP contribution is -2.49. The van der Waals surface area contributed by atoms with E-state index in [2.05, 4.69) is 10.6 Å². The Morgan fingerprint density at radius 2 is 0.917 bits per heavy atom. The van der Waals surface area contributed by atoms with E-state index in [9.17, 15) is 39.6 Å². The number of hydrogen-bond donors (Lipinski definition) is 6. The van der Waals surface area contributed by atoms with Crippen molar-refractivity contribution < 1.29 is 58.6 Å². The fourth-order valence-electron chi connectivity index (χ4n) is 2.32. The molecular formula is C22H40N2O12. The summed E-state index contributed by atoms with van der Waals surface area (Å²) in [4.78, 5) is 47.3. The summed E-state index contributed by atoms with van der Waals surface area (Å²) in [7, 11) is 0. The molecule has 0 heterocycles. The zero-order chi connectivity index (χ0) is 28.4. The van der Waals surface area contributed by atoms with Gasteiger partial charge >= 0.3 is 24.1 Å². The van der Waals surface area contributed by atoms with Gasteiger partial charge in [0.2, 0.25) is 0 Å². The van der Waals surface area contributed by atoms with Crippen LogP contribution >= 0.6 is 0 Å². The predicted molar refractivity (Wildman–Crippen MR) is 124 cm³/mol. The van der Waals surface area contributed by atoms with Crippen LogP contribution in [0.5, 0.6) is 0 Å². The Hall–Kier alpha value is -2.68. The van der Waals surface area contributed by atoms with E-state index in [1.165, 1.54) is 13.8 Å². The van der Waals surface area contributed by atoms with E-state index in [0.717, 1.165) is 0 Å². The smallest absolute Gasteiger partial charge is 0.408 e. The number of alkyl carbamates (subject to hydrolysis) is 2. The number of rotatable bonds is 11. The molecule has 0 spiro atoms. The molecule has 2 amide bonds. The summed E-state index contributed by atoms with van der Waals surface area (Å²) in [5.74, 6) is -1.91. The summed E-state index contributed by atoms with van der Waals surface area (Å²) in [6.07, 6.45) is -9.35. The molecule has 0 aliphatic rings. The van der Waals surface area contributed by atoms with Crippen molar-refractivity contribution in [3.05, 3.63) is 0 Å². The van der Waals surface area contributed by atoms with Crippen molar-refractivity contribution in [2.45, 2.75) is 103 Å². The van der Waals surface area contributed by atoms with Crippen LogP contribution in [0.25, 0.3) is 0 Å². The van der Waals surface area contributed by atoms with E-state index in [1.807, 2.05) is 0 Å². The van der Waals surface area contributed by atoms with Crippen molar-refractivity contribution in [1.82, 2.24) is 10.6 Å². The van der Waals surface area contributed by atoms with Crippen LogP contribution in [0.4, 0.5) is 9.59 Å². The van der Waals surface area contributed by atoms with Gasteiger partial charge in [0.25, 0.3) is 0 Å². The van der Waals surface area contributed by atoms with Crippen LogP contribution in [-0.2, 0) is 28.5 Å². The van der Waals surface area contributed by atoms with Crippen LogP contribution in [0.1, 0.15) is 55.4 Å². The second-order valence-corrected chi connectivity index (χ2v) is 10.1. The fourth-order valence-corrected chi connectivity index (χ4v) is 2.32. The van der Waals surface area contributed by atoms with Gasteiger partial charge in [-0.25, -0.2) is 19.2 Å². The number of carbonyl (C=O) groups is 4. The molecule has 14 nitrogen and oxygen atoms in total. The Labute approximate surface area is 210 Å². The zero-order valence-corrected chi connectivity index (χ0v) is 21.9. The molecule has 0 aliphatic heterocycles. The Morgan fingerprint density at radius 1 is 0.639 bits per heavy atom. The first-order valence-corrected chi connectivity index (χ1v) is 11.3. The first-order chi connectivity index (χ1) is 16.2. The third-order valence-corrected chi connectivity index (χ3v) is 4.10. The minimum absolute atomic E-state index is 0.777. The first-order valence-electron chi connectivity index (χ1n) is 11.3. The number of esters is 2. The molecule has 0 bridgehead atoms. The number of aliphatic hydroxyl groups excluding tert-OH is 4. The van der Waals surface area contributed by atoms with Gasteiger partial charge in [-0.05, 0) is 55.4 Å². The van der Waals surface area contributed by atoms with Crippen molar-refractivity contribution in [1.29, 1.82) is 0 Å². The standard InChI is InChI=1S/C22H40N2O12/c1-11(23-19(31)35-21(3,4)5)17(29)33-9-13(25)15(27)16(28)14(26)10-34-18(30)12(2)24-20(32)36-22(6,7)8/h11-16,25-28H,9-10H2,1-8H3,(H,23,31)(H,24,32)/t11-,12-,13-,14+,15+,16+/m0/s1. The van der Waals surface area contributed by atoms with Gasteiger partial charge in [-0.2, -0.15) is 0 Å². The Morgan fingerprint density at radius 3 is 1.17 bits per heavy atom. The highest BCUT2D eigenvalue weighted by molar-refractivity contribution is 5.81. The Kier molecular flexibility index (Phi) is 13.1. The first kappa shape index (κ1) is 33.3. The van der Waals surface area contributed by atoms with E-state index >= 15 is 0 Å². The Bertz CT molecular complexity index is 684. The van der Waals surface area contributed by atoms with E-state index < -0.39 is 85.0 Å². The predicted octanol–water partition coefficient (Wildman–Crippen LogP) is -0.657. The molecular weight excluding hydrogens is 484 g/mol. The monoisotopic (exact) mass is 524 g/mol. The van der Waals surface area contributed by atoms with Crippen LogP contribution in [0.2, 0.25) is 0 Å². The average Bonchev–Trinajstić information content (AvgIpc) is 2.70. The lowest BCUT2D eigenvalue weighted by Gasteiger charge is -2.27. The second-order valence-electron chi connectivity index (χ2n) is 10.1. The van der Waals surface area contributed by atoms with Crippen molar-refractivity contribution >= 4 is 24.1 Å². The summed E-state index contributed by atoms with van der Waals surface area (Å²) in [5, 5.41) is 44.5. The van der Waals surface area contributed by atoms with Gasteiger partial charge in [0.15, 0.2) is 0 Å². The second kappa shape index (κ2) is 14.2. The highest BCUT2D eigenvalue weighted by Gasteiger charge is 2.33. The van der Waals surface area contributed by atoms with Gasteiger partial charge in [0, 0.05) is 0 Å². The van der Waals surface area contributed by atoms with Gasteiger partial charge in [-0.15, -0.1) is 0 Å². The largest absolute Gasteiger partial charge is 0.461 e. The van der Waals surface area contributed by atoms with Crippen LogP contribution in [0.15, 0.2) is 0 Å². The summed E-state index contributed by atoms with van der Waals surface area (Å²) < 4.78 is 19.6. The summed E-state index contributed by atoms with van der Waals surface area (Å²) in [6.45, 7) is 10.9. The van der Waals surface area contributed by atoms with E-state index in [-0.39, 0.29) is 0 Å². The van der Waals surface area contributed by atoms with E-state index in [0.29, 0.717) is 0 Å². The summed E-state index contributed by atoms with van der Waals surface area (Å²) in [6, 6.07) is -2.29. The van der Waals surface area contributed by atoms with Gasteiger partial charge in [-0.3, -0.25) is 0 Å². The molecule has 0 saturated heterocycles. The molecule has 0 saturated carbocycles. The molecule has 0 radical (unpaired) electrons. The number of carbonyl (C=O) groups excluding carboxylic acids is 4. The molecule has 0 rings (SSSR count). The van der Waals surface area contributed by atoms with Gasteiger partial charge in [-0.1, -0.05) is 0 Å². The Balaban J connectivity index is 4.56. The maximum absolute atomic E-state index is 12.0. The third-order valence-electron chi connectivity index (χ3n) is 4.10. The van der Waals surface area contributed by atoms with Gasteiger partial charge in [0.05, 0.1) is 0 Å². The molecule has 0 fully saturated rings. The van der Waals surface area contributed by atoms with Crippen molar-refractivity contribution in [3.63, 3.8) is 0 Å². The fraction of sp³-hybridized carbons (Fsp3) is 0.818. The molecule has 0 aromatic heterocycles. The summed E-state index contributed by atoms with van der Waals surface area (Å²) in [5.41, 5.74) is -1.57. The van der Waals surface area contributed by atoms with Crippen molar-refractivity contribution in [2.24, 2.45) is 0 Å². The van der Waals surface area contributed by atoms with Gasteiger partial charge < -0.3 is 50.0 Å². The van der Waals surface area contributed by atoms with Crippen molar-refractivity contribution in [3.8, 4) is 0 Å². The van der Waals surface area contributed by atoms with Crippen LogP contribution in [-0.4, -0.2) is 105 Å². The highest BCUT2D eigenvalue weighted by Crippen LogP contribution is 2.10. The van der Waals surface area contributed by atoms with Gasteiger partial charge in [0.1, 0.15) is 60.9 Å². The van der Waals surface area contributed by atoms with Crippen LogP contribution < -0.4 is 10.6 Å². The molecule has 0 aromatic rings. The van der Waals surface area contributed by atoms with Crippen molar-refractivity contribution in [2.75, 3.05) is 13.2 Å². The number of nitrogens with one attached hydrogen (secondary N) is 2. The SMILES string of the molecule is C[C@H](NC(=O)OC(C)(C)C)C(=O)OC[C@@H](O)[C@@H](O)[C@H](O)[C@@H](O)COC(=O)[C@H](C)NC(=O)OC(C)(C)C. The molecule has 36 heavy (non-hydrogen) atoms. The highest BCUT2D eigenvalue weighted by atomic mass is 16.6. The zero-order valence-electron chi connectivity index (χ0n) is 21.9. The third kappa shape index (κ3) is 14.0. The number of aliphatic hydroxyl groups is 4. The molecule has 0 aliphatic carbocycles. The quantitative estimate of drug-likeness (QED) is 0.147. The minimum atomic E-state index is -1.99. The molecule has 210 valence electrons. The molecule has 6 N–H and O–H groups in total. The summed E-state index contributed by atoms with van der Waals surface area (Å²) >= 11 is 0. The normalized spacial score (nSPS) is 16.9. The number of ether oxygens (including phenoxy) is 4. The minimum Gasteiger partial charge on any atom is -0.461 e. The molecule has 0 unspecified atom stereocenters. The number of amides is 2. The maximum Gasteiger partial charge on any atom is 0.408 e. The van der Waals surface area contributed by atoms with Crippen LogP contribution in [0, 0.1) is 0 Å². The van der Waals surface area contributed by atoms with E-state index in [1.54, 1.807) is 41.5 Å². The van der Waals surface area contributed by atoms with Crippen LogP contribution in [0.3, 0.4) is 0 Å². The van der Waals surface area contributed by atoms with E-state index in [4.69, 9.17) is 18.9 Å². The molecule has 0 aromatic carbocycles. The maximum atomic E-state index is 12.0. The lowest BCUT2D eigenvalue weighted by atomic mass is 10.0.